The molecule has 1 unspecified atom stereocenters. The first-order valence-electron chi connectivity index (χ1n) is 7.04. The summed E-state index contributed by atoms with van der Waals surface area (Å²) in [5, 5.41) is 41.0. The van der Waals surface area contributed by atoms with Crippen LogP contribution >= 0.6 is 0 Å². The topological polar surface area (TPSA) is 154 Å². The number of rotatable bonds is 6. The minimum absolute atomic E-state index is 0.530. The van der Waals surface area contributed by atoms with Crippen molar-refractivity contribution in [3.05, 3.63) is 6.92 Å². The normalized spacial score (nSPS) is 35.2. The molecule has 9 nitrogen and oxygen atoms in total. The zero-order valence-corrected chi connectivity index (χ0v) is 12.6. The number of nitrogens with one attached hydrogen (secondary N) is 1. The Balaban J connectivity index is 2.89. The molecule has 1 aliphatic heterocycles. The van der Waals surface area contributed by atoms with Gasteiger partial charge >= 0.3 is 0 Å². The smallest absolute Gasteiger partial charge is 0.240 e. The number of aliphatic hydroxyl groups excluding tert-OH is 4. The number of carbonyl (C=O) groups is 1. The lowest BCUT2D eigenvalue weighted by atomic mass is 9.96. The number of carbonyl (C=O) groups excluding carboxylic acids is 1. The summed E-state index contributed by atoms with van der Waals surface area (Å²) in [5.74, 6) is -0.734. The Hall–Kier alpha value is -0.810. The van der Waals surface area contributed by atoms with Crippen LogP contribution in [0, 0.1) is 6.92 Å². The largest absolute Gasteiger partial charge is 0.394 e. The lowest BCUT2D eigenvalue weighted by Crippen LogP contribution is -2.67. The molecule has 0 aromatic heterocycles. The summed E-state index contributed by atoms with van der Waals surface area (Å²) in [7, 11) is 0. The molecule has 1 radical (unpaired) electrons. The highest BCUT2D eigenvalue weighted by Crippen LogP contribution is 2.23. The highest BCUT2D eigenvalue weighted by Gasteiger charge is 2.46. The van der Waals surface area contributed by atoms with E-state index in [0.717, 1.165) is 0 Å². The minimum atomic E-state index is -1.52. The van der Waals surface area contributed by atoms with E-state index in [1.807, 2.05) is 0 Å². The van der Waals surface area contributed by atoms with Gasteiger partial charge in [0.1, 0.15) is 30.4 Å². The van der Waals surface area contributed by atoms with Gasteiger partial charge in [-0.3, -0.25) is 4.79 Å². The molecule has 1 heterocycles. The van der Waals surface area contributed by atoms with Crippen LogP contribution in [0.25, 0.3) is 0 Å². The molecule has 0 spiro atoms. The standard InChI is InChI=1S/C13H25N2O7/c1-5(2)21-11-9(15-12(19)8(14)6(3)17)13(20)22-7(4-16)10(11)18/h5-11,13,16-18,20H,1,4,14H2,2-3H3,(H,15,19)/t5?,6-,7-,8+,9-,10-,11-,13+/m1/s1. The number of nitrogens with two attached hydrogens (primary N) is 1. The van der Waals surface area contributed by atoms with Crippen molar-refractivity contribution < 1.29 is 34.7 Å². The van der Waals surface area contributed by atoms with E-state index < -0.39 is 61.4 Å². The third kappa shape index (κ3) is 4.59. The Labute approximate surface area is 129 Å². The Morgan fingerprint density at radius 1 is 1.45 bits per heavy atom. The molecule has 8 atom stereocenters. The second-order valence-corrected chi connectivity index (χ2v) is 5.45. The van der Waals surface area contributed by atoms with Crippen LogP contribution in [0.3, 0.4) is 0 Å². The van der Waals surface area contributed by atoms with Crippen molar-refractivity contribution in [2.75, 3.05) is 6.61 Å². The summed E-state index contributed by atoms with van der Waals surface area (Å²) in [6.45, 7) is 6.06. The third-order valence-corrected chi connectivity index (χ3v) is 3.39. The first-order valence-corrected chi connectivity index (χ1v) is 7.04. The molecular weight excluding hydrogens is 296 g/mol. The number of aliphatic hydroxyl groups is 4. The Morgan fingerprint density at radius 2 is 2.05 bits per heavy atom. The van der Waals surface area contributed by atoms with Crippen molar-refractivity contribution in [3.8, 4) is 0 Å². The molecule has 0 saturated carbocycles. The zero-order valence-electron chi connectivity index (χ0n) is 12.6. The van der Waals surface area contributed by atoms with E-state index in [-0.39, 0.29) is 0 Å². The third-order valence-electron chi connectivity index (χ3n) is 3.39. The van der Waals surface area contributed by atoms with E-state index in [2.05, 4.69) is 12.2 Å². The number of hydrogen-bond acceptors (Lipinski definition) is 8. The number of ether oxygens (including phenoxy) is 2. The highest BCUT2D eigenvalue weighted by atomic mass is 16.6. The first kappa shape index (κ1) is 19.2. The van der Waals surface area contributed by atoms with Crippen molar-refractivity contribution in [2.45, 2.75) is 62.7 Å². The average molecular weight is 321 g/mol. The van der Waals surface area contributed by atoms with Crippen LogP contribution in [0.4, 0.5) is 0 Å². The predicted molar refractivity (Wildman–Crippen MR) is 75.3 cm³/mol. The van der Waals surface area contributed by atoms with Gasteiger partial charge in [-0.25, -0.2) is 0 Å². The van der Waals surface area contributed by atoms with Crippen LogP contribution in [0.2, 0.25) is 0 Å². The monoisotopic (exact) mass is 321 g/mol. The van der Waals surface area contributed by atoms with Crippen LogP contribution in [0.5, 0.6) is 0 Å². The maximum Gasteiger partial charge on any atom is 0.240 e. The van der Waals surface area contributed by atoms with Gasteiger partial charge in [0.25, 0.3) is 0 Å². The second kappa shape index (κ2) is 8.16. The van der Waals surface area contributed by atoms with Gasteiger partial charge in [0.2, 0.25) is 5.91 Å². The molecule has 1 aliphatic rings. The fourth-order valence-corrected chi connectivity index (χ4v) is 2.15. The van der Waals surface area contributed by atoms with E-state index in [1.165, 1.54) is 6.92 Å². The Kier molecular flexibility index (Phi) is 7.13. The molecule has 129 valence electrons. The second-order valence-electron chi connectivity index (χ2n) is 5.45. The van der Waals surface area contributed by atoms with Crippen LogP contribution in [-0.4, -0.2) is 81.8 Å². The Bertz CT molecular complexity index is 366. The fraction of sp³-hybridized carbons (Fsp3) is 0.846. The first-order chi connectivity index (χ1) is 10.2. The van der Waals surface area contributed by atoms with Crippen molar-refractivity contribution in [3.63, 3.8) is 0 Å². The molecule has 0 aromatic carbocycles. The summed E-state index contributed by atoms with van der Waals surface area (Å²) in [5.41, 5.74) is 5.52. The van der Waals surface area contributed by atoms with Crippen molar-refractivity contribution in [1.82, 2.24) is 5.32 Å². The number of amides is 1. The predicted octanol–water partition coefficient (Wildman–Crippen LogP) is -3.14. The van der Waals surface area contributed by atoms with Crippen LogP contribution in [0.15, 0.2) is 0 Å². The Morgan fingerprint density at radius 3 is 2.50 bits per heavy atom. The van der Waals surface area contributed by atoms with E-state index in [9.17, 15) is 20.1 Å². The van der Waals surface area contributed by atoms with E-state index in [4.69, 9.17) is 20.3 Å². The van der Waals surface area contributed by atoms with Gasteiger partial charge in [-0.15, -0.1) is 0 Å². The lowest BCUT2D eigenvalue weighted by molar-refractivity contribution is -0.265. The molecule has 7 N–H and O–H groups in total. The molecule has 1 amide bonds. The minimum Gasteiger partial charge on any atom is -0.394 e. The SMILES string of the molecule is [CH2]C(C)O[C@H]1[C@H](O)[C@@H](CO)O[C@H](O)[C@@H]1NC(=O)[C@@H](N)[C@@H](C)O. The maximum absolute atomic E-state index is 11.9. The average Bonchev–Trinajstić information content (AvgIpc) is 2.44. The molecule has 22 heavy (non-hydrogen) atoms. The quantitative estimate of drug-likeness (QED) is 0.300. The van der Waals surface area contributed by atoms with Gasteiger partial charge in [-0.05, 0) is 20.8 Å². The van der Waals surface area contributed by atoms with Crippen molar-refractivity contribution in [1.29, 1.82) is 0 Å². The van der Waals surface area contributed by atoms with E-state index >= 15 is 0 Å². The lowest BCUT2D eigenvalue weighted by Gasteiger charge is -2.43. The van der Waals surface area contributed by atoms with E-state index in [1.54, 1.807) is 6.92 Å². The van der Waals surface area contributed by atoms with Gasteiger partial charge in [-0.1, -0.05) is 0 Å². The van der Waals surface area contributed by atoms with Crippen molar-refractivity contribution in [2.24, 2.45) is 5.73 Å². The number of hydrogen-bond donors (Lipinski definition) is 6. The molecule has 0 aromatic rings. The summed E-state index contributed by atoms with van der Waals surface area (Å²) in [6, 6.07) is -2.34. The maximum atomic E-state index is 11.9. The van der Waals surface area contributed by atoms with E-state index in [0.29, 0.717) is 0 Å². The summed E-state index contributed by atoms with van der Waals surface area (Å²) in [6.07, 6.45) is -6.56. The molecule has 1 rings (SSSR count). The van der Waals surface area contributed by atoms with Gasteiger partial charge in [0, 0.05) is 0 Å². The molecule has 1 saturated heterocycles. The fourth-order valence-electron chi connectivity index (χ4n) is 2.15. The van der Waals surface area contributed by atoms with Gasteiger partial charge in [0.05, 0.1) is 18.8 Å². The molecule has 1 fully saturated rings. The van der Waals surface area contributed by atoms with Crippen LogP contribution < -0.4 is 11.1 Å². The van der Waals surface area contributed by atoms with Gasteiger partial charge in [-0.2, -0.15) is 0 Å². The van der Waals surface area contributed by atoms with Crippen LogP contribution in [-0.2, 0) is 14.3 Å². The molecule has 9 heteroatoms. The molecule has 0 aliphatic carbocycles. The van der Waals surface area contributed by atoms with Gasteiger partial charge in [0.15, 0.2) is 6.29 Å². The van der Waals surface area contributed by atoms with Gasteiger partial charge < -0.3 is 41.0 Å². The zero-order chi connectivity index (χ0) is 17.0. The van der Waals surface area contributed by atoms with Crippen molar-refractivity contribution >= 4 is 5.91 Å². The summed E-state index contributed by atoms with van der Waals surface area (Å²) >= 11 is 0. The summed E-state index contributed by atoms with van der Waals surface area (Å²) in [4.78, 5) is 11.9. The summed E-state index contributed by atoms with van der Waals surface area (Å²) < 4.78 is 10.5. The molecule has 0 bridgehead atoms. The molecular formula is C13H25N2O7. The van der Waals surface area contributed by atoms with Crippen LogP contribution in [0.1, 0.15) is 13.8 Å². The highest BCUT2D eigenvalue weighted by molar-refractivity contribution is 5.82.